The second kappa shape index (κ2) is 6.10. The minimum Gasteiger partial charge on any atom is -0.496 e. The summed E-state index contributed by atoms with van der Waals surface area (Å²) in [5.74, 6) is 0.955. The van der Waals surface area contributed by atoms with Crippen LogP contribution in [0.3, 0.4) is 0 Å². The third-order valence-corrected chi connectivity index (χ3v) is 3.69. The van der Waals surface area contributed by atoms with Crippen molar-refractivity contribution < 1.29 is 4.74 Å². The Kier molecular flexibility index (Phi) is 4.46. The highest BCUT2D eigenvalue weighted by atomic mass is 16.5. The topological polar surface area (TPSA) is 35.2 Å². The molecule has 1 atom stereocenters. The molecule has 0 spiro atoms. The van der Waals surface area contributed by atoms with Gasteiger partial charge >= 0.3 is 0 Å². The highest BCUT2D eigenvalue weighted by molar-refractivity contribution is 5.44. The number of aryl methyl sites for hydroxylation is 3. The molecule has 0 aliphatic carbocycles. The average molecular weight is 269 g/mol. The molecule has 0 saturated carbocycles. The number of methoxy groups -OCH3 is 1. The highest BCUT2D eigenvalue weighted by Gasteiger charge is 2.11. The zero-order valence-electron chi connectivity index (χ0n) is 12.7. The van der Waals surface area contributed by atoms with E-state index in [0.717, 1.165) is 23.3 Å². The predicted octanol–water partition coefficient (Wildman–Crippen LogP) is 3.86. The van der Waals surface area contributed by atoms with Gasteiger partial charge in [0.15, 0.2) is 0 Å². The summed E-state index contributed by atoms with van der Waals surface area (Å²) in [6.07, 6.45) is 0.853. The predicted molar refractivity (Wildman–Crippen MR) is 84.3 cm³/mol. The van der Waals surface area contributed by atoms with Crippen LogP contribution in [-0.4, -0.2) is 7.11 Å². The molecule has 0 fully saturated rings. The molecule has 0 amide bonds. The van der Waals surface area contributed by atoms with E-state index in [1.165, 1.54) is 16.7 Å². The number of hydrogen-bond acceptors (Lipinski definition) is 2. The summed E-state index contributed by atoms with van der Waals surface area (Å²) in [7, 11) is 1.71. The van der Waals surface area contributed by atoms with Crippen molar-refractivity contribution in [1.29, 1.82) is 0 Å². The van der Waals surface area contributed by atoms with Crippen molar-refractivity contribution in [1.82, 2.24) is 0 Å². The van der Waals surface area contributed by atoms with Gasteiger partial charge in [-0.15, -0.1) is 0 Å². The molecule has 2 rings (SSSR count). The third kappa shape index (κ3) is 3.20. The molecule has 2 aromatic carbocycles. The Labute approximate surface area is 121 Å². The van der Waals surface area contributed by atoms with Crippen LogP contribution in [-0.2, 0) is 6.42 Å². The van der Waals surface area contributed by atoms with E-state index in [9.17, 15) is 0 Å². The Morgan fingerprint density at radius 3 is 2.05 bits per heavy atom. The molecule has 20 heavy (non-hydrogen) atoms. The lowest BCUT2D eigenvalue weighted by Crippen LogP contribution is -2.14. The summed E-state index contributed by atoms with van der Waals surface area (Å²) >= 11 is 0. The van der Waals surface area contributed by atoms with Crippen LogP contribution in [0.25, 0.3) is 0 Å². The van der Waals surface area contributed by atoms with E-state index in [4.69, 9.17) is 10.5 Å². The number of hydrogen-bond donors (Lipinski definition) is 1. The van der Waals surface area contributed by atoms with Crippen molar-refractivity contribution in [2.45, 2.75) is 33.2 Å². The van der Waals surface area contributed by atoms with Crippen molar-refractivity contribution in [2.24, 2.45) is 5.73 Å². The zero-order chi connectivity index (χ0) is 14.7. The fourth-order valence-corrected chi connectivity index (χ4v) is 2.62. The summed E-state index contributed by atoms with van der Waals surface area (Å²) in [5.41, 5.74) is 12.4. The summed E-state index contributed by atoms with van der Waals surface area (Å²) in [6.45, 7) is 6.22. The number of rotatable bonds is 4. The van der Waals surface area contributed by atoms with Gasteiger partial charge in [-0.05, 0) is 49.4 Å². The van der Waals surface area contributed by atoms with E-state index in [0.29, 0.717) is 0 Å². The van der Waals surface area contributed by atoms with Crippen LogP contribution in [0.4, 0.5) is 0 Å². The largest absolute Gasteiger partial charge is 0.496 e. The van der Waals surface area contributed by atoms with Gasteiger partial charge < -0.3 is 10.5 Å². The number of benzene rings is 2. The van der Waals surface area contributed by atoms with Gasteiger partial charge in [-0.1, -0.05) is 42.0 Å². The maximum atomic E-state index is 6.35. The van der Waals surface area contributed by atoms with Crippen LogP contribution >= 0.6 is 0 Å². The van der Waals surface area contributed by atoms with E-state index in [1.54, 1.807) is 7.11 Å². The maximum Gasteiger partial charge on any atom is 0.124 e. The van der Waals surface area contributed by atoms with Crippen molar-refractivity contribution in [2.75, 3.05) is 7.11 Å². The minimum atomic E-state index is 0.0148. The Hall–Kier alpha value is -1.80. The first-order valence-corrected chi connectivity index (χ1v) is 6.97. The molecule has 0 radical (unpaired) electrons. The maximum absolute atomic E-state index is 6.35. The quantitative estimate of drug-likeness (QED) is 0.914. The summed E-state index contributed by atoms with van der Waals surface area (Å²) in [4.78, 5) is 0. The Morgan fingerprint density at radius 2 is 1.55 bits per heavy atom. The van der Waals surface area contributed by atoms with E-state index >= 15 is 0 Å². The van der Waals surface area contributed by atoms with Crippen molar-refractivity contribution in [3.05, 3.63) is 64.2 Å². The monoisotopic (exact) mass is 269 g/mol. The molecule has 0 aromatic heterocycles. The van der Waals surface area contributed by atoms with Crippen molar-refractivity contribution >= 4 is 0 Å². The van der Waals surface area contributed by atoms with E-state index in [-0.39, 0.29) is 6.04 Å². The van der Waals surface area contributed by atoms with Gasteiger partial charge in [0.05, 0.1) is 7.11 Å². The molecule has 2 N–H and O–H groups in total. The zero-order valence-corrected chi connectivity index (χ0v) is 12.7. The van der Waals surface area contributed by atoms with Gasteiger partial charge in [0.2, 0.25) is 0 Å². The van der Waals surface area contributed by atoms with Crippen LogP contribution in [0.5, 0.6) is 5.75 Å². The lowest BCUT2D eigenvalue weighted by Gasteiger charge is -2.16. The smallest absolute Gasteiger partial charge is 0.124 e. The second-order valence-electron chi connectivity index (χ2n) is 5.48. The first-order valence-electron chi connectivity index (χ1n) is 6.97. The van der Waals surface area contributed by atoms with Gasteiger partial charge in [-0.2, -0.15) is 0 Å². The average Bonchev–Trinajstić information content (AvgIpc) is 2.41. The SMILES string of the molecule is COc1c(C)cc(C(N)Cc2ccc(C)cc2)cc1C. The lowest BCUT2D eigenvalue weighted by molar-refractivity contribution is 0.408. The van der Waals surface area contributed by atoms with Crippen LogP contribution < -0.4 is 10.5 Å². The Bertz CT molecular complexity index is 564. The molecule has 0 saturated heterocycles. The van der Waals surface area contributed by atoms with Gasteiger partial charge in [-0.3, -0.25) is 0 Å². The van der Waals surface area contributed by atoms with Crippen LogP contribution in [0, 0.1) is 20.8 Å². The van der Waals surface area contributed by atoms with Gasteiger partial charge in [0.1, 0.15) is 5.75 Å². The van der Waals surface area contributed by atoms with Crippen LogP contribution in [0.1, 0.15) is 33.9 Å². The minimum absolute atomic E-state index is 0.0148. The van der Waals surface area contributed by atoms with Gasteiger partial charge in [0.25, 0.3) is 0 Å². The highest BCUT2D eigenvalue weighted by Crippen LogP contribution is 2.27. The van der Waals surface area contributed by atoms with Gasteiger partial charge in [0, 0.05) is 6.04 Å². The molecule has 2 nitrogen and oxygen atoms in total. The Morgan fingerprint density at radius 1 is 1.00 bits per heavy atom. The molecular weight excluding hydrogens is 246 g/mol. The first-order chi connectivity index (χ1) is 9.51. The molecular formula is C18H23NO. The molecule has 2 heteroatoms. The second-order valence-corrected chi connectivity index (χ2v) is 5.48. The molecule has 0 bridgehead atoms. The molecule has 0 aliphatic heterocycles. The van der Waals surface area contributed by atoms with Crippen LogP contribution in [0.2, 0.25) is 0 Å². The molecule has 0 aliphatic rings. The number of nitrogens with two attached hydrogens (primary N) is 1. The molecule has 1 unspecified atom stereocenters. The third-order valence-electron chi connectivity index (χ3n) is 3.69. The number of ether oxygens (including phenoxy) is 1. The van der Waals surface area contributed by atoms with Gasteiger partial charge in [-0.25, -0.2) is 0 Å². The van der Waals surface area contributed by atoms with E-state index in [1.807, 2.05) is 0 Å². The summed E-state index contributed by atoms with van der Waals surface area (Å²) in [5, 5.41) is 0. The molecule has 106 valence electrons. The van der Waals surface area contributed by atoms with E-state index in [2.05, 4.69) is 57.2 Å². The standard InChI is InChI=1S/C18H23NO/c1-12-5-7-15(8-6-12)11-17(19)16-9-13(2)18(20-4)14(3)10-16/h5-10,17H,11,19H2,1-4H3. The Balaban J connectivity index is 2.21. The van der Waals surface area contributed by atoms with Crippen molar-refractivity contribution in [3.63, 3.8) is 0 Å². The van der Waals surface area contributed by atoms with Crippen LogP contribution in [0.15, 0.2) is 36.4 Å². The fraction of sp³-hybridized carbons (Fsp3) is 0.333. The fourth-order valence-electron chi connectivity index (χ4n) is 2.62. The molecule has 0 heterocycles. The molecule has 2 aromatic rings. The summed E-state index contributed by atoms with van der Waals surface area (Å²) < 4.78 is 5.40. The first kappa shape index (κ1) is 14.6. The van der Waals surface area contributed by atoms with E-state index < -0.39 is 0 Å². The lowest BCUT2D eigenvalue weighted by atomic mass is 9.95. The van der Waals surface area contributed by atoms with Crippen molar-refractivity contribution in [3.8, 4) is 5.75 Å². The normalized spacial score (nSPS) is 12.2. The summed E-state index contributed by atoms with van der Waals surface area (Å²) in [6, 6.07) is 12.8.